The van der Waals surface area contributed by atoms with Crippen molar-refractivity contribution in [3.05, 3.63) is 125 Å². The van der Waals surface area contributed by atoms with E-state index in [-0.39, 0.29) is 62.7 Å². The molecule has 0 fully saturated rings. The van der Waals surface area contributed by atoms with Crippen molar-refractivity contribution in [2.75, 3.05) is 6.61 Å². The Morgan fingerprint density at radius 2 is 1.02 bits per heavy atom. The smallest absolute Gasteiger partial charge is 0.233 e. The molecule has 0 radical (unpaired) electrons. The zero-order valence-electron chi connectivity index (χ0n) is 22.8. The number of Topliss-reactive ketones (excluding diaryl/α,β-unsaturated/α-hetero) is 1. The largest absolute Gasteiger partial charge is 0.872 e. The summed E-state index contributed by atoms with van der Waals surface area (Å²) in [5.74, 6) is -2.63. The second-order valence-corrected chi connectivity index (χ2v) is 8.01. The van der Waals surface area contributed by atoms with Gasteiger partial charge in [0.05, 0.1) is 0 Å². The second kappa shape index (κ2) is 19.7. The van der Waals surface area contributed by atoms with Gasteiger partial charge in [-0.1, -0.05) is 109 Å². The van der Waals surface area contributed by atoms with Crippen LogP contribution in [0.5, 0.6) is 0 Å². The number of allylic oxidation sites excluding steroid dienone is 3. The molecule has 0 amide bonds. The van der Waals surface area contributed by atoms with Crippen molar-refractivity contribution < 1.29 is 61.3 Å². The van der Waals surface area contributed by atoms with Gasteiger partial charge < -0.3 is 20.4 Å². The van der Waals surface area contributed by atoms with Gasteiger partial charge in [-0.05, 0) is 48.8 Å². The summed E-state index contributed by atoms with van der Waals surface area (Å²) in [6.07, 6.45) is 3.02. The van der Waals surface area contributed by atoms with Crippen molar-refractivity contribution >= 4 is 40.4 Å². The normalized spacial score (nSPS) is 11.9. The fourth-order valence-corrected chi connectivity index (χ4v) is 3.03. The average Bonchev–Trinajstić information content (AvgIpc) is 2.93. The number of fused-ring (bicyclic) bond motifs is 1. The SMILES string of the molecule is CC(=O)/C=C(\[O-])c1ccccc1.CC(=O)/C=C(\[O-])c1ccccc1.CC[O-].O=C1C=C([O-])c2ccccc2C1=O.[Ti]. The van der Waals surface area contributed by atoms with Gasteiger partial charge in [-0.25, -0.2) is 0 Å². The number of hydrogen-bond acceptors (Lipinski definition) is 8. The van der Waals surface area contributed by atoms with Gasteiger partial charge in [0, 0.05) is 27.3 Å². The van der Waals surface area contributed by atoms with Crippen molar-refractivity contribution in [1.29, 1.82) is 0 Å². The molecule has 0 unspecified atom stereocenters. The number of rotatable bonds is 4. The third kappa shape index (κ3) is 13.5. The van der Waals surface area contributed by atoms with Crippen LogP contribution in [0.1, 0.15) is 47.8 Å². The third-order valence-corrected chi connectivity index (χ3v) is 4.71. The molecule has 8 nitrogen and oxygen atoms in total. The van der Waals surface area contributed by atoms with E-state index in [1.54, 1.807) is 73.7 Å². The predicted octanol–water partition coefficient (Wildman–Crippen LogP) is 1.47. The fraction of sp³-hybridized carbons (Fsp3) is 0.125. The maximum atomic E-state index is 11.2. The Morgan fingerprint density at radius 3 is 1.39 bits per heavy atom. The van der Waals surface area contributed by atoms with Gasteiger partial charge in [0.1, 0.15) is 0 Å². The molecule has 3 aromatic rings. The molecule has 4 rings (SSSR count). The summed E-state index contributed by atoms with van der Waals surface area (Å²) < 4.78 is 0. The summed E-state index contributed by atoms with van der Waals surface area (Å²) in [5, 5.41) is 42.5. The molecule has 0 saturated heterocycles. The van der Waals surface area contributed by atoms with Crippen LogP contribution < -0.4 is 20.4 Å². The van der Waals surface area contributed by atoms with Crippen LogP contribution in [0.15, 0.2) is 103 Å². The molecule has 212 valence electrons. The van der Waals surface area contributed by atoms with E-state index in [1.165, 1.54) is 19.9 Å². The van der Waals surface area contributed by atoms with Gasteiger partial charge in [-0.3, -0.25) is 19.2 Å². The van der Waals surface area contributed by atoms with Gasteiger partial charge >= 0.3 is 0 Å². The van der Waals surface area contributed by atoms with E-state index in [0.717, 1.165) is 18.2 Å². The zero-order chi connectivity index (χ0) is 30.1. The third-order valence-electron chi connectivity index (χ3n) is 4.71. The van der Waals surface area contributed by atoms with Crippen molar-refractivity contribution in [2.45, 2.75) is 20.8 Å². The molecule has 0 heterocycles. The maximum Gasteiger partial charge on any atom is 0.233 e. The van der Waals surface area contributed by atoms with Gasteiger partial charge in [-0.15, -0.1) is 6.61 Å². The van der Waals surface area contributed by atoms with Crippen LogP contribution in [0, 0.1) is 0 Å². The molecule has 0 atom stereocenters. The molecule has 0 aliphatic heterocycles. The summed E-state index contributed by atoms with van der Waals surface area (Å²) in [6, 6.07) is 23.8. The van der Waals surface area contributed by atoms with Crippen LogP contribution in [-0.4, -0.2) is 29.7 Å². The molecule has 0 spiro atoms. The van der Waals surface area contributed by atoms with Gasteiger partial charge in [0.15, 0.2) is 11.6 Å². The molecule has 1 aliphatic carbocycles. The van der Waals surface area contributed by atoms with E-state index < -0.39 is 11.6 Å². The molecule has 1 aliphatic rings. The van der Waals surface area contributed by atoms with Crippen LogP contribution in [0.4, 0.5) is 0 Å². The van der Waals surface area contributed by atoms with Gasteiger partial charge in [0.2, 0.25) is 11.6 Å². The molecule has 0 aromatic heterocycles. The number of carbonyl (C=O) groups is 4. The number of benzene rings is 3. The Labute approximate surface area is 253 Å². The van der Waals surface area contributed by atoms with Crippen LogP contribution in [0.2, 0.25) is 0 Å². The molecular weight excluding hydrogens is 560 g/mol. The second-order valence-electron chi connectivity index (χ2n) is 8.01. The Balaban J connectivity index is 0.000000552. The summed E-state index contributed by atoms with van der Waals surface area (Å²) in [6.45, 7) is 4.29. The van der Waals surface area contributed by atoms with Crippen molar-refractivity contribution in [3.8, 4) is 0 Å². The Hall–Kier alpha value is -4.37. The molecule has 3 aromatic carbocycles. The number of hydrogen-bond donors (Lipinski definition) is 0. The summed E-state index contributed by atoms with van der Waals surface area (Å²) >= 11 is 0. The number of ketones is 4. The zero-order valence-corrected chi connectivity index (χ0v) is 24.3. The molecule has 0 N–H and O–H groups in total. The van der Waals surface area contributed by atoms with E-state index in [1.807, 2.05) is 12.1 Å². The van der Waals surface area contributed by atoms with Crippen LogP contribution >= 0.6 is 0 Å². The van der Waals surface area contributed by atoms with E-state index in [0.29, 0.717) is 16.7 Å². The minimum atomic E-state index is -0.733. The molecule has 41 heavy (non-hydrogen) atoms. The Kier molecular flexibility index (Phi) is 17.6. The van der Waals surface area contributed by atoms with Crippen molar-refractivity contribution in [3.63, 3.8) is 0 Å². The monoisotopic (exact) mass is 588 g/mol. The first kappa shape index (κ1) is 36.6. The first-order valence-electron chi connectivity index (χ1n) is 12.1. The number of carbonyl (C=O) groups excluding carboxylic acids is 4. The quantitative estimate of drug-likeness (QED) is 0.192. The predicted molar refractivity (Wildman–Crippen MR) is 144 cm³/mol. The van der Waals surface area contributed by atoms with E-state index in [2.05, 4.69) is 0 Å². The molecule has 0 saturated carbocycles. The van der Waals surface area contributed by atoms with Crippen molar-refractivity contribution in [2.24, 2.45) is 0 Å². The van der Waals surface area contributed by atoms with Gasteiger partial charge in [0.25, 0.3) is 0 Å². The molecule has 9 heteroatoms. The van der Waals surface area contributed by atoms with Gasteiger partial charge in [-0.2, -0.15) is 0 Å². The minimum absolute atomic E-state index is 0. The fourth-order valence-electron chi connectivity index (χ4n) is 3.03. The minimum Gasteiger partial charge on any atom is -0.872 e. The van der Waals surface area contributed by atoms with E-state index in [9.17, 15) is 34.5 Å². The molecule has 0 bridgehead atoms. The Morgan fingerprint density at radius 1 is 0.683 bits per heavy atom. The topological polar surface area (TPSA) is 161 Å². The van der Waals surface area contributed by atoms with Crippen LogP contribution in [0.3, 0.4) is 0 Å². The first-order valence-corrected chi connectivity index (χ1v) is 12.1. The first-order chi connectivity index (χ1) is 19.0. The standard InChI is InChI=1S/C10H6O3.2C10H10O2.C2H5O.Ti/c11-8-5-9(12)10(13)7-4-2-1-3-6(7)8;2*1-8(11)7-10(12)9-5-3-2-4-6-9;1-2-3;/h1-5,11H;2*2-7,12H,1H3;2H2,1H3;/q;;;-1;/p-3/b;2*10-7-;;. The van der Waals surface area contributed by atoms with Crippen LogP contribution in [0.25, 0.3) is 17.3 Å². The average molecular weight is 588 g/mol. The van der Waals surface area contributed by atoms with E-state index in [4.69, 9.17) is 5.11 Å². The Bertz CT molecular complexity index is 1330. The van der Waals surface area contributed by atoms with E-state index >= 15 is 0 Å². The van der Waals surface area contributed by atoms with Crippen molar-refractivity contribution in [1.82, 2.24) is 0 Å². The summed E-state index contributed by atoms with van der Waals surface area (Å²) in [4.78, 5) is 43.3. The summed E-state index contributed by atoms with van der Waals surface area (Å²) in [7, 11) is 0. The van der Waals surface area contributed by atoms with Crippen LogP contribution in [-0.2, 0) is 36.1 Å². The summed E-state index contributed by atoms with van der Waals surface area (Å²) in [5.41, 5.74) is 1.62. The molecular formula is C32H28O8Ti-4. The maximum absolute atomic E-state index is 11.2.